The molecule has 0 bridgehead atoms. The number of urea groups is 1. The number of hydrogen-bond donors (Lipinski definition) is 1. The molecule has 1 heterocycles. The summed E-state index contributed by atoms with van der Waals surface area (Å²) in [6, 6.07) is 7.94. The maximum absolute atomic E-state index is 12.0. The SMILES string of the molecule is CCOC(CC)CNC(=O)N1CC(Oc2cccc(C)c2)C1. The van der Waals surface area contributed by atoms with Crippen LogP contribution in [0.2, 0.25) is 0 Å². The highest BCUT2D eigenvalue weighted by molar-refractivity contribution is 5.75. The number of amides is 2. The third-order valence-electron chi connectivity index (χ3n) is 3.77. The Balaban J connectivity index is 1.68. The van der Waals surface area contributed by atoms with Gasteiger partial charge in [0.05, 0.1) is 19.2 Å². The molecule has 5 heteroatoms. The molecule has 1 unspecified atom stereocenters. The van der Waals surface area contributed by atoms with Crippen LogP contribution in [0, 0.1) is 6.92 Å². The largest absolute Gasteiger partial charge is 0.487 e. The van der Waals surface area contributed by atoms with Crippen LogP contribution in [0.15, 0.2) is 24.3 Å². The van der Waals surface area contributed by atoms with Crippen molar-refractivity contribution in [3.63, 3.8) is 0 Å². The molecule has 1 fully saturated rings. The molecule has 0 spiro atoms. The van der Waals surface area contributed by atoms with Crippen molar-refractivity contribution in [3.8, 4) is 5.75 Å². The minimum Gasteiger partial charge on any atom is -0.487 e. The van der Waals surface area contributed by atoms with Gasteiger partial charge in [-0.1, -0.05) is 19.1 Å². The molecule has 2 rings (SSSR count). The van der Waals surface area contributed by atoms with Gasteiger partial charge < -0.3 is 19.7 Å². The van der Waals surface area contributed by atoms with Crippen molar-refractivity contribution in [2.45, 2.75) is 39.4 Å². The summed E-state index contributed by atoms with van der Waals surface area (Å²) in [5, 5.41) is 2.92. The summed E-state index contributed by atoms with van der Waals surface area (Å²) in [6.45, 7) is 8.55. The van der Waals surface area contributed by atoms with Crippen LogP contribution in [0.3, 0.4) is 0 Å². The molecule has 5 nitrogen and oxygen atoms in total. The first-order chi connectivity index (χ1) is 10.6. The lowest BCUT2D eigenvalue weighted by atomic mass is 10.1. The summed E-state index contributed by atoms with van der Waals surface area (Å²) in [6.07, 6.45) is 1.07. The van der Waals surface area contributed by atoms with Gasteiger partial charge in [-0.25, -0.2) is 4.79 Å². The molecule has 122 valence electrons. The third-order valence-corrected chi connectivity index (χ3v) is 3.77. The van der Waals surface area contributed by atoms with E-state index in [1.165, 1.54) is 5.56 Å². The number of benzene rings is 1. The van der Waals surface area contributed by atoms with E-state index in [0.29, 0.717) is 26.2 Å². The van der Waals surface area contributed by atoms with Crippen molar-refractivity contribution in [2.75, 3.05) is 26.2 Å². The van der Waals surface area contributed by atoms with Gasteiger partial charge in [-0.3, -0.25) is 0 Å². The second-order valence-corrected chi connectivity index (χ2v) is 5.63. The second kappa shape index (κ2) is 8.03. The maximum Gasteiger partial charge on any atom is 0.317 e. The highest BCUT2D eigenvalue weighted by atomic mass is 16.5. The first kappa shape index (κ1) is 16.6. The van der Waals surface area contributed by atoms with Gasteiger partial charge in [-0.05, 0) is 38.0 Å². The summed E-state index contributed by atoms with van der Waals surface area (Å²) in [5.41, 5.74) is 1.17. The molecule has 1 aliphatic rings. The van der Waals surface area contributed by atoms with E-state index in [9.17, 15) is 4.79 Å². The Morgan fingerprint density at radius 1 is 1.41 bits per heavy atom. The monoisotopic (exact) mass is 306 g/mol. The Morgan fingerprint density at radius 2 is 2.18 bits per heavy atom. The van der Waals surface area contributed by atoms with Gasteiger partial charge in [0.1, 0.15) is 11.9 Å². The number of carbonyl (C=O) groups is 1. The Kier molecular flexibility index (Phi) is 6.07. The Morgan fingerprint density at radius 3 is 2.82 bits per heavy atom. The molecular formula is C17H26N2O3. The van der Waals surface area contributed by atoms with Gasteiger partial charge in [0, 0.05) is 13.2 Å². The van der Waals surface area contributed by atoms with E-state index in [4.69, 9.17) is 9.47 Å². The van der Waals surface area contributed by atoms with Crippen LogP contribution < -0.4 is 10.1 Å². The van der Waals surface area contributed by atoms with Crippen LogP contribution in [0.5, 0.6) is 5.75 Å². The van der Waals surface area contributed by atoms with Gasteiger partial charge in [0.15, 0.2) is 0 Å². The van der Waals surface area contributed by atoms with E-state index in [0.717, 1.165) is 12.2 Å². The van der Waals surface area contributed by atoms with Crippen molar-refractivity contribution >= 4 is 6.03 Å². The Labute approximate surface area is 132 Å². The van der Waals surface area contributed by atoms with Crippen LogP contribution >= 0.6 is 0 Å². The molecule has 1 saturated heterocycles. The van der Waals surface area contributed by atoms with Crippen molar-refractivity contribution in [2.24, 2.45) is 0 Å². The van der Waals surface area contributed by atoms with E-state index >= 15 is 0 Å². The number of rotatable bonds is 7. The Hall–Kier alpha value is -1.75. The number of hydrogen-bond acceptors (Lipinski definition) is 3. The van der Waals surface area contributed by atoms with Crippen molar-refractivity contribution in [1.82, 2.24) is 10.2 Å². The van der Waals surface area contributed by atoms with Crippen LogP contribution in [0.25, 0.3) is 0 Å². The lowest BCUT2D eigenvalue weighted by molar-refractivity contribution is 0.0374. The second-order valence-electron chi connectivity index (χ2n) is 5.63. The average molecular weight is 306 g/mol. The summed E-state index contributed by atoms with van der Waals surface area (Å²) in [7, 11) is 0. The predicted molar refractivity (Wildman–Crippen MR) is 86.3 cm³/mol. The number of carbonyl (C=O) groups excluding carboxylic acids is 1. The molecule has 22 heavy (non-hydrogen) atoms. The van der Waals surface area contributed by atoms with Crippen LogP contribution in [0.4, 0.5) is 4.79 Å². The highest BCUT2D eigenvalue weighted by Gasteiger charge is 2.32. The van der Waals surface area contributed by atoms with Crippen molar-refractivity contribution < 1.29 is 14.3 Å². The summed E-state index contributed by atoms with van der Waals surface area (Å²) >= 11 is 0. The number of nitrogens with one attached hydrogen (secondary N) is 1. The topological polar surface area (TPSA) is 50.8 Å². The van der Waals surface area contributed by atoms with Gasteiger partial charge in [-0.15, -0.1) is 0 Å². The molecule has 1 aromatic rings. The molecule has 0 radical (unpaired) electrons. The number of ether oxygens (including phenoxy) is 2. The maximum atomic E-state index is 12.0. The molecule has 0 aliphatic carbocycles. The lowest BCUT2D eigenvalue weighted by Crippen LogP contribution is -2.59. The summed E-state index contributed by atoms with van der Waals surface area (Å²) < 4.78 is 11.4. The van der Waals surface area contributed by atoms with Crippen molar-refractivity contribution in [3.05, 3.63) is 29.8 Å². The first-order valence-electron chi connectivity index (χ1n) is 8.00. The minimum absolute atomic E-state index is 0.0396. The zero-order chi connectivity index (χ0) is 15.9. The summed E-state index contributed by atoms with van der Waals surface area (Å²) in [4.78, 5) is 13.8. The highest BCUT2D eigenvalue weighted by Crippen LogP contribution is 2.19. The van der Waals surface area contributed by atoms with Gasteiger partial charge in [0.25, 0.3) is 0 Å². The number of aryl methyl sites for hydroxylation is 1. The first-order valence-corrected chi connectivity index (χ1v) is 8.00. The average Bonchev–Trinajstić information content (AvgIpc) is 2.46. The van der Waals surface area contributed by atoms with E-state index in [-0.39, 0.29) is 18.2 Å². The fourth-order valence-corrected chi connectivity index (χ4v) is 2.43. The van der Waals surface area contributed by atoms with Crippen LogP contribution in [-0.4, -0.2) is 49.4 Å². The van der Waals surface area contributed by atoms with E-state index in [1.807, 2.05) is 38.1 Å². The molecule has 1 atom stereocenters. The van der Waals surface area contributed by atoms with E-state index in [2.05, 4.69) is 12.2 Å². The predicted octanol–water partition coefficient (Wildman–Crippen LogP) is 2.58. The number of nitrogens with zero attached hydrogens (tertiary/aromatic N) is 1. The van der Waals surface area contributed by atoms with Crippen LogP contribution in [-0.2, 0) is 4.74 Å². The molecule has 0 aromatic heterocycles. The van der Waals surface area contributed by atoms with E-state index in [1.54, 1.807) is 4.90 Å². The molecule has 2 amide bonds. The summed E-state index contributed by atoms with van der Waals surface area (Å²) in [5.74, 6) is 0.868. The van der Waals surface area contributed by atoms with Gasteiger partial charge in [0.2, 0.25) is 0 Å². The molecule has 1 aliphatic heterocycles. The fourth-order valence-electron chi connectivity index (χ4n) is 2.43. The third kappa shape index (κ3) is 4.63. The quantitative estimate of drug-likeness (QED) is 0.842. The number of likely N-dealkylation sites (tertiary alicyclic amines) is 1. The molecule has 1 aromatic carbocycles. The molecule has 0 saturated carbocycles. The van der Waals surface area contributed by atoms with Gasteiger partial charge >= 0.3 is 6.03 Å². The Bertz CT molecular complexity index is 487. The molecular weight excluding hydrogens is 280 g/mol. The standard InChI is InChI=1S/C17H26N2O3/c1-4-14(21-5-2)10-18-17(20)19-11-16(12-19)22-15-8-6-7-13(3)9-15/h6-9,14,16H,4-5,10-12H2,1-3H3,(H,18,20). The van der Waals surface area contributed by atoms with Crippen LogP contribution in [0.1, 0.15) is 25.8 Å². The fraction of sp³-hybridized carbons (Fsp3) is 0.588. The van der Waals surface area contributed by atoms with Crippen molar-refractivity contribution in [1.29, 1.82) is 0 Å². The van der Waals surface area contributed by atoms with E-state index < -0.39 is 0 Å². The van der Waals surface area contributed by atoms with Gasteiger partial charge in [-0.2, -0.15) is 0 Å². The lowest BCUT2D eigenvalue weighted by Gasteiger charge is -2.39. The zero-order valence-electron chi connectivity index (χ0n) is 13.7. The zero-order valence-corrected chi connectivity index (χ0v) is 13.7. The molecule has 1 N–H and O–H groups in total. The smallest absolute Gasteiger partial charge is 0.317 e. The normalized spacial score (nSPS) is 16.0. The minimum atomic E-state index is -0.0396.